The van der Waals surface area contributed by atoms with Gasteiger partial charge in [0.15, 0.2) is 0 Å². The maximum atomic E-state index is 11.5. The second-order valence-electron chi connectivity index (χ2n) is 5.01. The van der Waals surface area contributed by atoms with Crippen LogP contribution in [-0.4, -0.2) is 24.5 Å². The number of benzene rings is 1. The summed E-state index contributed by atoms with van der Waals surface area (Å²) < 4.78 is 4.69. The van der Waals surface area contributed by atoms with Crippen LogP contribution in [0.15, 0.2) is 18.2 Å². The summed E-state index contributed by atoms with van der Waals surface area (Å²) in [5.41, 5.74) is 0.450. The van der Waals surface area contributed by atoms with E-state index in [4.69, 9.17) is 0 Å². The summed E-state index contributed by atoms with van der Waals surface area (Å²) in [6, 6.07) is 4.91. The van der Waals surface area contributed by atoms with Crippen LogP contribution in [0.3, 0.4) is 0 Å². The molecule has 0 bridgehead atoms. The molecule has 104 valence electrons. The second kappa shape index (κ2) is 5.69. The zero-order valence-electron chi connectivity index (χ0n) is 11.5. The van der Waals surface area contributed by atoms with Gasteiger partial charge in [0.2, 0.25) is 0 Å². The maximum Gasteiger partial charge on any atom is 0.313 e. The van der Waals surface area contributed by atoms with Crippen molar-refractivity contribution in [1.82, 2.24) is 0 Å². The summed E-state index contributed by atoms with van der Waals surface area (Å²) in [6.45, 7) is 5.47. The largest absolute Gasteiger partial charge is 0.469 e. The Morgan fingerprint density at radius 2 is 2.11 bits per heavy atom. The molecule has 19 heavy (non-hydrogen) atoms. The van der Waals surface area contributed by atoms with Crippen LogP contribution in [0.1, 0.15) is 19.4 Å². The molecule has 0 spiro atoms. The number of carbonyl (C=O) groups is 1. The Balaban J connectivity index is 2.89. The number of nitro groups is 1. The number of esters is 1. The maximum absolute atomic E-state index is 11.5. The van der Waals surface area contributed by atoms with Crippen molar-refractivity contribution < 1.29 is 14.5 Å². The molecule has 0 heterocycles. The fourth-order valence-corrected chi connectivity index (χ4v) is 1.61. The molecule has 0 atom stereocenters. The lowest BCUT2D eigenvalue weighted by molar-refractivity contribution is -0.384. The molecule has 6 nitrogen and oxygen atoms in total. The Kier molecular flexibility index (Phi) is 4.47. The number of nitrogens with one attached hydrogen (secondary N) is 1. The second-order valence-corrected chi connectivity index (χ2v) is 5.01. The highest BCUT2D eigenvalue weighted by Crippen LogP contribution is 2.27. The van der Waals surface area contributed by atoms with Crippen molar-refractivity contribution in [2.24, 2.45) is 5.41 Å². The lowest BCUT2D eigenvalue weighted by atomic mass is 9.93. The van der Waals surface area contributed by atoms with E-state index in [1.807, 2.05) is 0 Å². The third kappa shape index (κ3) is 3.67. The number of carbonyl (C=O) groups excluding carboxylic acids is 1. The molecule has 0 aliphatic heterocycles. The van der Waals surface area contributed by atoms with Gasteiger partial charge in [0.25, 0.3) is 5.69 Å². The van der Waals surface area contributed by atoms with Crippen molar-refractivity contribution in [3.8, 4) is 0 Å². The molecule has 0 aromatic heterocycles. The van der Waals surface area contributed by atoms with Gasteiger partial charge in [-0.3, -0.25) is 14.9 Å². The van der Waals surface area contributed by atoms with Crippen LogP contribution in [0.25, 0.3) is 0 Å². The monoisotopic (exact) mass is 266 g/mol. The van der Waals surface area contributed by atoms with E-state index in [1.54, 1.807) is 32.9 Å². The molecule has 0 saturated heterocycles. The van der Waals surface area contributed by atoms with E-state index in [1.165, 1.54) is 13.2 Å². The highest BCUT2D eigenvalue weighted by atomic mass is 16.6. The van der Waals surface area contributed by atoms with Crippen LogP contribution in [0, 0.1) is 22.5 Å². The van der Waals surface area contributed by atoms with E-state index in [0.717, 1.165) is 5.56 Å². The van der Waals surface area contributed by atoms with E-state index in [9.17, 15) is 14.9 Å². The summed E-state index contributed by atoms with van der Waals surface area (Å²) in [5.74, 6) is -0.366. The van der Waals surface area contributed by atoms with Crippen LogP contribution >= 0.6 is 0 Å². The van der Waals surface area contributed by atoms with Crippen molar-refractivity contribution in [3.05, 3.63) is 33.9 Å². The van der Waals surface area contributed by atoms with Crippen molar-refractivity contribution in [3.63, 3.8) is 0 Å². The molecular formula is C13H18N2O4. The fraction of sp³-hybridized carbons (Fsp3) is 0.462. The topological polar surface area (TPSA) is 81.5 Å². The zero-order chi connectivity index (χ0) is 14.6. The van der Waals surface area contributed by atoms with Crippen LogP contribution in [-0.2, 0) is 9.53 Å². The highest BCUT2D eigenvalue weighted by Gasteiger charge is 2.29. The van der Waals surface area contributed by atoms with E-state index in [-0.39, 0.29) is 18.2 Å². The molecular weight excluding hydrogens is 248 g/mol. The molecule has 0 radical (unpaired) electrons. The molecule has 1 N–H and O–H groups in total. The quantitative estimate of drug-likeness (QED) is 0.503. The summed E-state index contributed by atoms with van der Waals surface area (Å²) in [5, 5.41) is 13.9. The number of rotatable bonds is 5. The van der Waals surface area contributed by atoms with Gasteiger partial charge >= 0.3 is 5.97 Å². The lowest BCUT2D eigenvalue weighted by Crippen LogP contribution is -2.33. The summed E-state index contributed by atoms with van der Waals surface area (Å²) in [4.78, 5) is 22.1. The Morgan fingerprint density at radius 1 is 1.47 bits per heavy atom. The van der Waals surface area contributed by atoms with Crippen molar-refractivity contribution in [2.45, 2.75) is 20.8 Å². The molecule has 0 unspecified atom stereocenters. The van der Waals surface area contributed by atoms with Gasteiger partial charge in [-0.2, -0.15) is 0 Å². The number of anilines is 1. The van der Waals surface area contributed by atoms with Gasteiger partial charge in [-0.15, -0.1) is 0 Å². The average molecular weight is 266 g/mol. The Hall–Kier alpha value is -2.11. The van der Waals surface area contributed by atoms with E-state index in [2.05, 4.69) is 10.1 Å². The normalized spacial score (nSPS) is 10.9. The molecule has 1 aromatic rings. The number of hydrogen-bond donors (Lipinski definition) is 1. The number of hydrogen-bond acceptors (Lipinski definition) is 5. The zero-order valence-corrected chi connectivity index (χ0v) is 11.5. The average Bonchev–Trinajstić information content (AvgIpc) is 2.36. The van der Waals surface area contributed by atoms with Gasteiger partial charge in [-0.05, 0) is 32.4 Å². The summed E-state index contributed by atoms with van der Waals surface area (Å²) in [7, 11) is 1.32. The Bertz CT molecular complexity index is 497. The Morgan fingerprint density at radius 3 is 2.63 bits per heavy atom. The van der Waals surface area contributed by atoms with Gasteiger partial charge in [0.05, 0.1) is 17.4 Å². The molecule has 0 aliphatic rings. The summed E-state index contributed by atoms with van der Waals surface area (Å²) >= 11 is 0. The van der Waals surface area contributed by atoms with Gasteiger partial charge in [-0.1, -0.05) is 6.07 Å². The molecule has 1 aromatic carbocycles. The molecule has 6 heteroatoms. The molecule has 0 amide bonds. The minimum atomic E-state index is -0.756. The predicted molar refractivity (Wildman–Crippen MR) is 72.1 cm³/mol. The van der Waals surface area contributed by atoms with Gasteiger partial charge in [0.1, 0.15) is 5.69 Å². The first-order valence-corrected chi connectivity index (χ1v) is 5.85. The minimum Gasteiger partial charge on any atom is -0.469 e. The predicted octanol–water partition coefficient (Wildman–Crippen LogP) is 2.51. The third-order valence-corrected chi connectivity index (χ3v) is 2.81. The molecule has 1 rings (SSSR count). The van der Waals surface area contributed by atoms with E-state index >= 15 is 0 Å². The van der Waals surface area contributed by atoms with Gasteiger partial charge in [0, 0.05) is 12.6 Å². The van der Waals surface area contributed by atoms with Crippen molar-refractivity contribution in [2.75, 3.05) is 19.0 Å². The number of nitrogens with zero attached hydrogens (tertiary/aromatic N) is 1. The van der Waals surface area contributed by atoms with Crippen LogP contribution in [0.2, 0.25) is 0 Å². The van der Waals surface area contributed by atoms with Crippen molar-refractivity contribution in [1.29, 1.82) is 0 Å². The number of ether oxygens (including phenoxy) is 1. The van der Waals surface area contributed by atoms with Gasteiger partial charge < -0.3 is 10.1 Å². The highest BCUT2D eigenvalue weighted by molar-refractivity contribution is 5.77. The number of nitro benzene ring substituents is 1. The fourth-order valence-electron chi connectivity index (χ4n) is 1.61. The lowest BCUT2D eigenvalue weighted by Gasteiger charge is -2.22. The Labute approximate surface area is 111 Å². The molecule has 0 fully saturated rings. The molecule has 0 saturated carbocycles. The first-order chi connectivity index (χ1) is 8.77. The van der Waals surface area contributed by atoms with E-state index < -0.39 is 10.3 Å². The minimum absolute atomic E-state index is 0.000616. The first kappa shape index (κ1) is 14.9. The van der Waals surface area contributed by atoms with Crippen LogP contribution < -0.4 is 5.32 Å². The smallest absolute Gasteiger partial charge is 0.313 e. The van der Waals surface area contributed by atoms with Crippen LogP contribution in [0.4, 0.5) is 11.4 Å². The van der Waals surface area contributed by atoms with Gasteiger partial charge in [-0.25, -0.2) is 0 Å². The standard InChI is InChI=1S/C13H18N2O4/c1-9-5-6-10(11(7-9)15(17)18)14-8-13(2,3)12(16)19-4/h5-7,14H,8H2,1-4H3. The number of aryl methyl sites for hydroxylation is 1. The third-order valence-electron chi connectivity index (χ3n) is 2.81. The number of methoxy groups -OCH3 is 1. The van der Waals surface area contributed by atoms with Crippen LogP contribution in [0.5, 0.6) is 0 Å². The van der Waals surface area contributed by atoms with E-state index in [0.29, 0.717) is 5.69 Å². The SMILES string of the molecule is COC(=O)C(C)(C)CNc1ccc(C)cc1[N+](=O)[O-]. The van der Waals surface area contributed by atoms with Crippen molar-refractivity contribution >= 4 is 17.3 Å². The summed E-state index contributed by atoms with van der Waals surface area (Å²) in [6.07, 6.45) is 0. The first-order valence-electron chi connectivity index (χ1n) is 5.85. The molecule has 0 aliphatic carbocycles.